The average Bonchev–Trinajstić information content (AvgIpc) is 2.85. The van der Waals surface area contributed by atoms with E-state index in [1.54, 1.807) is 7.11 Å². The van der Waals surface area contributed by atoms with Gasteiger partial charge in [0.2, 0.25) is 0 Å². The summed E-state index contributed by atoms with van der Waals surface area (Å²) in [7, 11) is 1.66. The minimum atomic E-state index is -4.41. The second-order valence-electron chi connectivity index (χ2n) is 5.13. The van der Waals surface area contributed by atoms with Crippen LogP contribution in [0.3, 0.4) is 0 Å². The lowest BCUT2D eigenvalue weighted by Gasteiger charge is -2.18. The number of benzene rings is 1. The molecule has 21 heavy (non-hydrogen) atoms. The van der Waals surface area contributed by atoms with Crippen molar-refractivity contribution >= 4 is 22.9 Å². The molecule has 0 bridgehead atoms. The van der Waals surface area contributed by atoms with Gasteiger partial charge in [-0.25, -0.2) is 0 Å². The molecule has 0 radical (unpaired) electrons. The van der Waals surface area contributed by atoms with E-state index in [0.717, 1.165) is 31.4 Å². The van der Waals surface area contributed by atoms with Gasteiger partial charge in [0.05, 0.1) is 11.7 Å². The number of thiocarbonyl (C=S) groups is 1. The minimum Gasteiger partial charge on any atom is -0.389 e. The number of alkyl halides is 3. The van der Waals surface area contributed by atoms with E-state index in [1.807, 2.05) is 0 Å². The van der Waals surface area contributed by atoms with Gasteiger partial charge in [0.15, 0.2) is 0 Å². The molecule has 2 unspecified atom stereocenters. The maximum atomic E-state index is 12.7. The zero-order valence-corrected chi connectivity index (χ0v) is 12.4. The first kappa shape index (κ1) is 16.0. The first-order valence-electron chi connectivity index (χ1n) is 6.61. The summed E-state index contributed by atoms with van der Waals surface area (Å²) < 4.78 is 43.5. The molecule has 1 aliphatic rings. The fraction of sp³-hybridized carbons (Fsp3) is 0.500. The Hall–Kier alpha value is -1.34. The molecule has 0 spiro atoms. The molecule has 3 nitrogen and oxygen atoms in total. The summed E-state index contributed by atoms with van der Waals surface area (Å²) in [6.45, 7) is 0. The molecule has 1 aromatic rings. The second kappa shape index (κ2) is 6.19. The van der Waals surface area contributed by atoms with Gasteiger partial charge < -0.3 is 15.8 Å². The SMILES string of the molecule is COC1CCC(Nc2ccc(C(F)(F)F)cc2C(N)=S)C1. The summed E-state index contributed by atoms with van der Waals surface area (Å²) in [5.41, 5.74) is 5.56. The van der Waals surface area contributed by atoms with Crippen molar-refractivity contribution in [3.05, 3.63) is 29.3 Å². The number of halogens is 3. The summed E-state index contributed by atoms with van der Waals surface area (Å²) in [5, 5.41) is 3.22. The van der Waals surface area contributed by atoms with Crippen molar-refractivity contribution in [2.75, 3.05) is 12.4 Å². The standard InChI is InChI=1S/C14H17F3N2OS/c1-20-10-4-3-9(7-10)19-12-5-2-8(14(15,16)17)6-11(12)13(18)21/h2,5-6,9-10,19H,3-4,7H2,1H3,(H2,18,21). The van der Waals surface area contributed by atoms with E-state index in [9.17, 15) is 13.2 Å². The summed E-state index contributed by atoms with van der Waals surface area (Å²) in [6.07, 6.45) is -1.58. The minimum absolute atomic E-state index is 0.0510. The summed E-state index contributed by atoms with van der Waals surface area (Å²) in [5.74, 6) is 0. The monoisotopic (exact) mass is 318 g/mol. The summed E-state index contributed by atoms with van der Waals surface area (Å²) in [4.78, 5) is -0.0510. The predicted molar refractivity (Wildman–Crippen MR) is 79.4 cm³/mol. The molecular formula is C14H17F3N2OS. The number of nitrogens with one attached hydrogen (secondary N) is 1. The molecule has 116 valence electrons. The van der Waals surface area contributed by atoms with Crippen molar-refractivity contribution in [1.82, 2.24) is 0 Å². The van der Waals surface area contributed by atoms with Crippen LogP contribution in [0.1, 0.15) is 30.4 Å². The molecule has 1 saturated carbocycles. The lowest BCUT2D eigenvalue weighted by atomic mass is 10.1. The lowest BCUT2D eigenvalue weighted by Crippen LogP contribution is -2.21. The van der Waals surface area contributed by atoms with Crippen LogP contribution in [-0.2, 0) is 10.9 Å². The molecule has 0 aromatic heterocycles. The molecule has 2 rings (SSSR count). The molecule has 1 aromatic carbocycles. The van der Waals surface area contributed by atoms with E-state index in [-0.39, 0.29) is 22.7 Å². The van der Waals surface area contributed by atoms with Crippen LogP contribution in [0.5, 0.6) is 0 Å². The Morgan fingerprint density at radius 3 is 2.62 bits per heavy atom. The third-order valence-electron chi connectivity index (χ3n) is 3.69. The van der Waals surface area contributed by atoms with Crippen LogP contribution in [0.4, 0.5) is 18.9 Å². The zero-order chi connectivity index (χ0) is 15.6. The average molecular weight is 318 g/mol. The lowest BCUT2D eigenvalue weighted by molar-refractivity contribution is -0.137. The van der Waals surface area contributed by atoms with Gasteiger partial charge in [-0.15, -0.1) is 0 Å². The predicted octanol–water partition coefficient (Wildman–Crippen LogP) is 3.32. The molecule has 2 atom stereocenters. The smallest absolute Gasteiger partial charge is 0.389 e. The maximum absolute atomic E-state index is 12.7. The Morgan fingerprint density at radius 1 is 1.38 bits per heavy atom. The van der Waals surface area contributed by atoms with E-state index in [4.69, 9.17) is 22.7 Å². The van der Waals surface area contributed by atoms with Crippen molar-refractivity contribution in [3.8, 4) is 0 Å². The van der Waals surface area contributed by atoms with Crippen LogP contribution in [0.25, 0.3) is 0 Å². The van der Waals surface area contributed by atoms with E-state index in [0.29, 0.717) is 5.69 Å². The Morgan fingerprint density at radius 2 is 2.10 bits per heavy atom. The largest absolute Gasteiger partial charge is 0.416 e. The van der Waals surface area contributed by atoms with Crippen LogP contribution in [0.15, 0.2) is 18.2 Å². The Kier molecular flexibility index (Phi) is 4.73. The van der Waals surface area contributed by atoms with E-state index >= 15 is 0 Å². The van der Waals surface area contributed by atoms with Crippen molar-refractivity contribution in [1.29, 1.82) is 0 Å². The highest BCUT2D eigenvalue weighted by Gasteiger charge is 2.32. The molecule has 3 N–H and O–H groups in total. The van der Waals surface area contributed by atoms with Gasteiger partial charge in [-0.1, -0.05) is 12.2 Å². The van der Waals surface area contributed by atoms with Crippen LogP contribution >= 0.6 is 12.2 Å². The number of nitrogens with two attached hydrogens (primary N) is 1. The van der Waals surface area contributed by atoms with Crippen molar-refractivity contribution in [2.24, 2.45) is 5.73 Å². The van der Waals surface area contributed by atoms with Crippen LogP contribution in [0, 0.1) is 0 Å². The normalized spacial score (nSPS) is 22.3. The highest BCUT2D eigenvalue weighted by molar-refractivity contribution is 7.80. The number of ether oxygens (including phenoxy) is 1. The number of rotatable bonds is 4. The second-order valence-corrected chi connectivity index (χ2v) is 5.57. The number of anilines is 1. The van der Waals surface area contributed by atoms with Gasteiger partial charge in [-0.3, -0.25) is 0 Å². The maximum Gasteiger partial charge on any atom is 0.416 e. The molecule has 0 aliphatic heterocycles. The Balaban J connectivity index is 2.21. The van der Waals surface area contributed by atoms with Crippen LogP contribution in [0.2, 0.25) is 0 Å². The third-order valence-corrected chi connectivity index (χ3v) is 3.91. The number of hydrogen-bond donors (Lipinski definition) is 2. The van der Waals surface area contributed by atoms with E-state index in [2.05, 4.69) is 5.32 Å². The van der Waals surface area contributed by atoms with Crippen molar-refractivity contribution in [2.45, 2.75) is 37.6 Å². The molecule has 0 saturated heterocycles. The van der Waals surface area contributed by atoms with E-state index < -0.39 is 11.7 Å². The van der Waals surface area contributed by atoms with Crippen molar-refractivity contribution < 1.29 is 17.9 Å². The highest BCUT2D eigenvalue weighted by atomic mass is 32.1. The molecular weight excluding hydrogens is 301 g/mol. The molecule has 0 heterocycles. The first-order valence-corrected chi connectivity index (χ1v) is 7.02. The summed E-state index contributed by atoms with van der Waals surface area (Å²) in [6, 6.07) is 3.57. The Bertz CT molecular complexity index is 533. The molecule has 1 aliphatic carbocycles. The quantitative estimate of drug-likeness (QED) is 0.836. The van der Waals surface area contributed by atoms with Crippen molar-refractivity contribution in [3.63, 3.8) is 0 Å². The number of methoxy groups -OCH3 is 1. The van der Waals surface area contributed by atoms with Crippen LogP contribution in [-0.4, -0.2) is 24.2 Å². The third kappa shape index (κ3) is 3.85. The Labute approximate surface area is 126 Å². The van der Waals surface area contributed by atoms with Gasteiger partial charge in [-0.05, 0) is 37.5 Å². The molecule has 1 fully saturated rings. The van der Waals surface area contributed by atoms with Gasteiger partial charge in [0, 0.05) is 24.4 Å². The highest BCUT2D eigenvalue weighted by Crippen LogP contribution is 2.33. The van der Waals surface area contributed by atoms with Gasteiger partial charge >= 0.3 is 6.18 Å². The van der Waals surface area contributed by atoms with Gasteiger partial charge in [-0.2, -0.15) is 13.2 Å². The fourth-order valence-electron chi connectivity index (χ4n) is 2.56. The van der Waals surface area contributed by atoms with E-state index in [1.165, 1.54) is 6.07 Å². The zero-order valence-electron chi connectivity index (χ0n) is 11.5. The first-order chi connectivity index (χ1) is 9.81. The van der Waals surface area contributed by atoms with Crippen LogP contribution < -0.4 is 11.1 Å². The molecule has 0 amide bonds. The number of hydrogen-bond acceptors (Lipinski definition) is 3. The van der Waals surface area contributed by atoms with Gasteiger partial charge in [0.1, 0.15) is 4.99 Å². The summed E-state index contributed by atoms with van der Waals surface area (Å²) >= 11 is 4.86. The fourth-order valence-corrected chi connectivity index (χ4v) is 2.72. The molecule has 7 heteroatoms. The van der Waals surface area contributed by atoms with Gasteiger partial charge in [0.25, 0.3) is 0 Å². The topological polar surface area (TPSA) is 47.3 Å².